The van der Waals surface area contributed by atoms with Crippen LogP contribution in [0.25, 0.3) is 22.2 Å². The van der Waals surface area contributed by atoms with Gasteiger partial charge in [-0.1, -0.05) is 30.3 Å². The van der Waals surface area contributed by atoms with Crippen LogP contribution in [0, 0.1) is 0 Å². The largest absolute Gasteiger partial charge is 0.388 e. The minimum atomic E-state index is -0.838. The van der Waals surface area contributed by atoms with Gasteiger partial charge in [0.25, 0.3) is 0 Å². The van der Waals surface area contributed by atoms with E-state index in [0.29, 0.717) is 5.69 Å². The molecule has 1 atom stereocenters. The molecule has 0 bridgehead atoms. The van der Waals surface area contributed by atoms with Gasteiger partial charge in [-0.2, -0.15) is 5.10 Å². The van der Waals surface area contributed by atoms with Crippen LogP contribution in [0.2, 0.25) is 0 Å². The molecule has 0 fully saturated rings. The maximum absolute atomic E-state index is 12.3. The van der Waals surface area contributed by atoms with Crippen molar-refractivity contribution in [3.8, 4) is 11.3 Å². The Morgan fingerprint density at radius 3 is 2.74 bits per heavy atom. The number of H-pyrrole nitrogens is 1. The van der Waals surface area contributed by atoms with Gasteiger partial charge in [-0.3, -0.25) is 14.9 Å². The zero-order valence-corrected chi connectivity index (χ0v) is 14.5. The van der Waals surface area contributed by atoms with Crippen molar-refractivity contribution in [3.63, 3.8) is 0 Å². The van der Waals surface area contributed by atoms with E-state index in [2.05, 4.69) is 20.5 Å². The van der Waals surface area contributed by atoms with E-state index in [0.717, 1.165) is 27.7 Å². The smallest absolute Gasteiger partial charge is 0.227 e. The predicted octanol–water partition coefficient (Wildman–Crippen LogP) is 3.69. The molecule has 0 spiro atoms. The van der Waals surface area contributed by atoms with E-state index in [1.807, 2.05) is 42.5 Å². The van der Waals surface area contributed by atoms with E-state index in [1.165, 1.54) is 0 Å². The van der Waals surface area contributed by atoms with Crippen molar-refractivity contribution in [2.45, 2.75) is 12.5 Å². The summed E-state index contributed by atoms with van der Waals surface area (Å²) in [5, 5.41) is 21.3. The summed E-state index contributed by atoms with van der Waals surface area (Å²) in [5.74, 6) is -0.253. The van der Waals surface area contributed by atoms with Crippen molar-refractivity contribution >= 4 is 22.5 Å². The first kappa shape index (κ1) is 16.9. The number of rotatable bonds is 5. The lowest BCUT2D eigenvalue weighted by atomic mass is 10.1. The van der Waals surface area contributed by atoms with Crippen LogP contribution in [-0.2, 0) is 4.79 Å². The number of aliphatic hydroxyl groups is 1. The van der Waals surface area contributed by atoms with E-state index in [4.69, 9.17) is 0 Å². The lowest BCUT2D eigenvalue weighted by Crippen LogP contribution is -2.15. The lowest BCUT2D eigenvalue weighted by Gasteiger charge is -2.11. The Morgan fingerprint density at radius 1 is 1.11 bits per heavy atom. The van der Waals surface area contributed by atoms with Gasteiger partial charge >= 0.3 is 0 Å². The maximum atomic E-state index is 12.3. The summed E-state index contributed by atoms with van der Waals surface area (Å²) >= 11 is 0. The van der Waals surface area contributed by atoms with Gasteiger partial charge in [-0.15, -0.1) is 0 Å². The highest BCUT2D eigenvalue weighted by Crippen LogP contribution is 2.28. The first-order valence-corrected chi connectivity index (χ1v) is 8.62. The fraction of sp³-hybridized carbons (Fsp3) is 0.0952. The number of benzene rings is 2. The molecule has 3 N–H and O–H groups in total. The number of hydrogen-bond acceptors (Lipinski definition) is 4. The fourth-order valence-electron chi connectivity index (χ4n) is 3.00. The molecule has 0 aliphatic rings. The number of aromatic nitrogens is 3. The number of aromatic amines is 1. The van der Waals surface area contributed by atoms with Crippen LogP contribution < -0.4 is 5.32 Å². The van der Waals surface area contributed by atoms with Gasteiger partial charge in [0.2, 0.25) is 5.91 Å². The number of carbonyl (C=O) groups is 1. The zero-order chi connectivity index (χ0) is 18.6. The summed E-state index contributed by atoms with van der Waals surface area (Å²) in [4.78, 5) is 16.4. The number of anilines is 1. The molecule has 1 amide bonds. The van der Waals surface area contributed by atoms with Crippen LogP contribution in [0.3, 0.4) is 0 Å². The van der Waals surface area contributed by atoms with Gasteiger partial charge in [-0.05, 0) is 35.9 Å². The highest BCUT2D eigenvalue weighted by Gasteiger charge is 2.14. The van der Waals surface area contributed by atoms with Crippen LogP contribution in [0.4, 0.5) is 5.69 Å². The first-order chi connectivity index (χ1) is 13.2. The van der Waals surface area contributed by atoms with Crippen molar-refractivity contribution in [1.29, 1.82) is 0 Å². The third-order valence-electron chi connectivity index (χ3n) is 4.34. The highest BCUT2D eigenvalue weighted by molar-refractivity contribution is 5.98. The van der Waals surface area contributed by atoms with Crippen LogP contribution in [0.15, 0.2) is 73.1 Å². The molecule has 4 rings (SSSR count). The van der Waals surface area contributed by atoms with Gasteiger partial charge < -0.3 is 10.4 Å². The molecule has 0 unspecified atom stereocenters. The number of nitrogens with one attached hydrogen (secondary N) is 2. The minimum Gasteiger partial charge on any atom is -0.388 e. The molecule has 27 heavy (non-hydrogen) atoms. The van der Waals surface area contributed by atoms with E-state index in [-0.39, 0.29) is 12.3 Å². The van der Waals surface area contributed by atoms with Crippen LogP contribution >= 0.6 is 0 Å². The van der Waals surface area contributed by atoms with Crippen molar-refractivity contribution in [1.82, 2.24) is 15.2 Å². The molecule has 2 aromatic carbocycles. The second-order valence-electron chi connectivity index (χ2n) is 6.25. The molecule has 2 heterocycles. The number of fused-ring (bicyclic) bond motifs is 1. The molecule has 0 radical (unpaired) electrons. The number of amides is 1. The van der Waals surface area contributed by atoms with E-state index < -0.39 is 6.10 Å². The third kappa shape index (κ3) is 3.70. The zero-order valence-electron chi connectivity index (χ0n) is 14.5. The summed E-state index contributed by atoms with van der Waals surface area (Å²) in [6.07, 6.45) is 2.61. The molecular weight excluding hydrogens is 340 g/mol. The van der Waals surface area contributed by atoms with Crippen molar-refractivity contribution in [2.24, 2.45) is 0 Å². The van der Waals surface area contributed by atoms with Crippen LogP contribution in [0.5, 0.6) is 0 Å². The molecule has 0 aliphatic carbocycles. The molecule has 0 saturated carbocycles. The number of hydrogen-bond donors (Lipinski definition) is 3. The maximum Gasteiger partial charge on any atom is 0.227 e. The van der Waals surface area contributed by atoms with Gasteiger partial charge in [-0.25, -0.2) is 0 Å². The second kappa shape index (κ2) is 7.39. The number of nitrogens with zero attached hydrogens (tertiary/aromatic N) is 2. The van der Waals surface area contributed by atoms with Gasteiger partial charge in [0.05, 0.1) is 18.0 Å². The number of aliphatic hydroxyl groups excluding tert-OH is 1. The summed E-state index contributed by atoms with van der Waals surface area (Å²) < 4.78 is 0. The van der Waals surface area contributed by atoms with Crippen LogP contribution in [-0.4, -0.2) is 26.2 Å². The molecule has 6 heteroatoms. The lowest BCUT2D eigenvalue weighted by molar-refractivity contribution is -0.118. The normalized spacial score (nSPS) is 12.0. The average Bonchev–Trinajstić information content (AvgIpc) is 3.12. The quantitative estimate of drug-likeness (QED) is 0.507. The monoisotopic (exact) mass is 358 g/mol. The second-order valence-corrected chi connectivity index (χ2v) is 6.25. The Labute approximate surface area is 155 Å². The van der Waals surface area contributed by atoms with Crippen molar-refractivity contribution < 1.29 is 9.90 Å². The molecule has 4 aromatic rings. The van der Waals surface area contributed by atoms with Crippen LogP contribution in [0.1, 0.15) is 18.1 Å². The number of carbonyl (C=O) groups excluding carboxylic acids is 1. The average molecular weight is 358 g/mol. The summed E-state index contributed by atoms with van der Waals surface area (Å²) in [5.41, 5.74) is 3.91. The van der Waals surface area contributed by atoms with Crippen molar-refractivity contribution in [3.05, 3.63) is 78.6 Å². The molecular formula is C21H18N4O2. The Kier molecular flexibility index (Phi) is 4.63. The third-order valence-corrected chi connectivity index (χ3v) is 4.34. The van der Waals surface area contributed by atoms with E-state index >= 15 is 0 Å². The summed E-state index contributed by atoms with van der Waals surface area (Å²) in [6, 6.07) is 18.5. The molecule has 0 aliphatic heterocycles. The standard InChI is InChI=1S/C21H18N4O2/c26-19(14-5-2-1-3-6-14)12-20(27)23-16-8-9-18-17(11-16)21(25-24-18)15-7-4-10-22-13-15/h1-11,13,19,26H,12H2,(H,23,27)(H,24,25)/t19-/m1/s1. The topological polar surface area (TPSA) is 90.9 Å². The van der Waals surface area contributed by atoms with E-state index in [9.17, 15) is 9.90 Å². The molecule has 6 nitrogen and oxygen atoms in total. The fourth-order valence-corrected chi connectivity index (χ4v) is 3.00. The molecule has 134 valence electrons. The molecule has 0 saturated heterocycles. The Morgan fingerprint density at radius 2 is 1.96 bits per heavy atom. The minimum absolute atomic E-state index is 0.0110. The summed E-state index contributed by atoms with van der Waals surface area (Å²) in [7, 11) is 0. The van der Waals surface area contributed by atoms with Gasteiger partial charge in [0.15, 0.2) is 0 Å². The van der Waals surface area contributed by atoms with Gasteiger partial charge in [0, 0.05) is 29.0 Å². The SMILES string of the molecule is O=C(C[C@@H](O)c1ccccc1)Nc1ccc2[nH]nc(-c3cccnc3)c2c1. The Bertz CT molecular complexity index is 1060. The number of pyridine rings is 1. The van der Waals surface area contributed by atoms with E-state index in [1.54, 1.807) is 30.6 Å². The van der Waals surface area contributed by atoms with Crippen molar-refractivity contribution in [2.75, 3.05) is 5.32 Å². The first-order valence-electron chi connectivity index (χ1n) is 8.62. The van der Waals surface area contributed by atoms with Gasteiger partial charge in [0.1, 0.15) is 5.69 Å². The Balaban J connectivity index is 1.53. The molecule has 2 aromatic heterocycles. The Hall–Kier alpha value is -3.51. The summed E-state index contributed by atoms with van der Waals surface area (Å²) in [6.45, 7) is 0. The highest BCUT2D eigenvalue weighted by atomic mass is 16.3. The predicted molar refractivity (Wildman–Crippen MR) is 104 cm³/mol.